The minimum absolute atomic E-state index is 0.0218. The molecule has 0 bridgehead atoms. The number of carboxylic acids is 1. The summed E-state index contributed by atoms with van der Waals surface area (Å²) in [7, 11) is 0. The molecule has 0 aromatic heterocycles. The number of carbonyl (C=O) groups excluding carboxylic acids is 3. The van der Waals surface area contributed by atoms with Crippen molar-refractivity contribution in [2.45, 2.75) is 71.1 Å². The molecule has 0 heterocycles. The smallest absolute Gasteiger partial charge is 0.326 e. The van der Waals surface area contributed by atoms with Crippen LogP contribution in [0.4, 0.5) is 0 Å². The summed E-state index contributed by atoms with van der Waals surface area (Å²) in [5.74, 6) is -3.29. The number of amides is 3. The highest BCUT2D eigenvalue weighted by Crippen LogP contribution is 2.13. The van der Waals surface area contributed by atoms with Crippen molar-refractivity contribution in [3.05, 3.63) is 65.7 Å². The summed E-state index contributed by atoms with van der Waals surface area (Å²) < 4.78 is 0. The van der Waals surface area contributed by atoms with Gasteiger partial charge in [0.25, 0.3) is 0 Å². The maximum atomic E-state index is 13.4. The highest BCUT2D eigenvalue weighted by atomic mass is 16.4. The topological polar surface area (TPSA) is 171 Å². The highest BCUT2D eigenvalue weighted by Gasteiger charge is 2.33. The van der Waals surface area contributed by atoms with E-state index < -0.39 is 47.9 Å². The van der Waals surface area contributed by atoms with E-state index in [1.54, 1.807) is 50.2 Å². The molecule has 0 radical (unpaired) electrons. The molecule has 0 aliphatic heterocycles. The molecule has 0 aliphatic rings. The van der Waals surface area contributed by atoms with E-state index in [0.717, 1.165) is 5.56 Å². The van der Waals surface area contributed by atoms with Gasteiger partial charge in [0, 0.05) is 12.8 Å². The van der Waals surface area contributed by atoms with Crippen LogP contribution in [0.25, 0.3) is 0 Å². The Kier molecular flexibility index (Phi) is 11.9. The molecule has 2 rings (SSSR count). The molecular weight excluding hydrogens is 500 g/mol. The second-order valence-electron chi connectivity index (χ2n) is 10.2. The van der Waals surface area contributed by atoms with Gasteiger partial charge < -0.3 is 31.9 Å². The maximum absolute atomic E-state index is 13.4. The Morgan fingerprint density at radius 3 is 1.85 bits per heavy atom. The van der Waals surface area contributed by atoms with E-state index in [0.29, 0.717) is 12.0 Å². The van der Waals surface area contributed by atoms with Crippen LogP contribution in [0.1, 0.15) is 45.2 Å². The maximum Gasteiger partial charge on any atom is 0.326 e. The normalized spacial score (nSPS) is 14.9. The van der Waals surface area contributed by atoms with E-state index in [1.165, 1.54) is 12.1 Å². The SMILES string of the molecule is CCC(C)C(NC(=O)C(N)C(C)C)C(=O)NC(Cc1ccccc1)C(=O)NC(Cc1ccc(O)cc1)C(=O)O. The molecule has 2 aromatic rings. The van der Waals surface area contributed by atoms with E-state index >= 15 is 0 Å². The second-order valence-corrected chi connectivity index (χ2v) is 10.2. The third-order valence-electron chi connectivity index (χ3n) is 6.72. The number of carbonyl (C=O) groups is 4. The molecule has 0 aliphatic carbocycles. The number of aliphatic carboxylic acids is 1. The lowest BCUT2D eigenvalue weighted by atomic mass is 9.96. The van der Waals surface area contributed by atoms with Gasteiger partial charge in [-0.2, -0.15) is 0 Å². The van der Waals surface area contributed by atoms with E-state index in [1.807, 2.05) is 19.9 Å². The van der Waals surface area contributed by atoms with Crippen LogP contribution in [-0.4, -0.2) is 58.1 Å². The molecule has 0 saturated heterocycles. The zero-order chi connectivity index (χ0) is 29.1. The van der Waals surface area contributed by atoms with Crippen LogP contribution in [0.5, 0.6) is 5.75 Å². The minimum atomic E-state index is -1.27. The van der Waals surface area contributed by atoms with Gasteiger partial charge in [-0.05, 0) is 35.1 Å². The van der Waals surface area contributed by atoms with E-state index in [-0.39, 0.29) is 30.4 Å². The summed E-state index contributed by atoms with van der Waals surface area (Å²) in [6, 6.07) is 10.9. The Morgan fingerprint density at radius 2 is 1.31 bits per heavy atom. The Morgan fingerprint density at radius 1 is 0.769 bits per heavy atom. The Balaban J connectivity index is 2.27. The second kappa shape index (κ2) is 14.9. The number of hydrogen-bond donors (Lipinski definition) is 6. The lowest BCUT2D eigenvalue weighted by Gasteiger charge is -2.28. The Bertz CT molecular complexity index is 1110. The van der Waals surface area contributed by atoms with Crippen LogP contribution in [0.3, 0.4) is 0 Å². The fourth-order valence-electron chi connectivity index (χ4n) is 3.91. The molecule has 2 aromatic carbocycles. The van der Waals surface area contributed by atoms with Crippen molar-refractivity contribution >= 4 is 23.7 Å². The van der Waals surface area contributed by atoms with Crippen LogP contribution in [0.15, 0.2) is 54.6 Å². The largest absolute Gasteiger partial charge is 0.508 e. The van der Waals surface area contributed by atoms with Crippen molar-refractivity contribution in [2.75, 3.05) is 0 Å². The molecule has 7 N–H and O–H groups in total. The van der Waals surface area contributed by atoms with E-state index in [4.69, 9.17) is 5.73 Å². The average molecular weight is 541 g/mol. The number of phenolic OH excluding ortho intramolecular Hbond substituents is 1. The van der Waals surface area contributed by atoms with Crippen molar-refractivity contribution in [3.8, 4) is 5.75 Å². The first-order valence-electron chi connectivity index (χ1n) is 13.1. The predicted molar refractivity (Wildman–Crippen MR) is 148 cm³/mol. The Hall–Kier alpha value is -3.92. The average Bonchev–Trinajstić information content (AvgIpc) is 2.91. The number of benzene rings is 2. The Labute approximate surface area is 229 Å². The van der Waals surface area contributed by atoms with Gasteiger partial charge in [0.05, 0.1) is 6.04 Å². The van der Waals surface area contributed by atoms with E-state index in [2.05, 4.69) is 16.0 Å². The third-order valence-corrected chi connectivity index (χ3v) is 6.72. The van der Waals surface area contributed by atoms with Crippen molar-refractivity contribution in [2.24, 2.45) is 17.6 Å². The summed E-state index contributed by atoms with van der Waals surface area (Å²) in [5.41, 5.74) is 7.34. The first kappa shape index (κ1) is 31.3. The van der Waals surface area contributed by atoms with Gasteiger partial charge in [-0.15, -0.1) is 0 Å². The summed E-state index contributed by atoms with van der Waals surface area (Å²) in [6.07, 6.45) is 0.668. The van der Waals surface area contributed by atoms with Gasteiger partial charge in [-0.25, -0.2) is 4.79 Å². The van der Waals surface area contributed by atoms with Crippen LogP contribution in [-0.2, 0) is 32.0 Å². The van der Waals surface area contributed by atoms with Crippen molar-refractivity contribution in [3.63, 3.8) is 0 Å². The lowest BCUT2D eigenvalue weighted by molar-refractivity contribution is -0.142. The van der Waals surface area contributed by atoms with Gasteiger partial charge in [0.15, 0.2) is 0 Å². The summed E-state index contributed by atoms with van der Waals surface area (Å²) in [5, 5.41) is 27.3. The molecule has 10 heteroatoms. The number of phenols is 1. The van der Waals surface area contributed by atoms with Gasteiger partial charge in [0.2, 0.25) is 17.7 Å². The number of nitrogens with one attached hydrogen (secondary N) is 3. The highest BCUT2D eigenvalue weighted by molar-refractivity contribution is 5.94. The van der Waals surface area contributed by atoms with E-state index in [9.17, 15) is 29.4 Å². The summed E-state index contributed by atoms with van der Waals surface area (Å²) >= 11 is 0. The molecule has 0 spiro atoms. The molecule has 212 valence electrons. The first-order chi connectivity index (χ1) is 18.4. The van der Waals surface area contributed by atoms with Gasteiger partial charge in [-0.3, -0.25) is 14.4 Å². The summed E-state index contributed by atoms with van der Waals surface area (Å²) in [4.78, 5) is 51.5. The van der Waals surface area contributed by atoms with Crippen LogP contribution < -0.4 is 21.7 Å². The number of hydrogen-bond acceptors (Lipinski definition) is 6. The van der Waals surface area contributed by atoms with Crippen LogP contribution in [0.2, 0.25) is 0 Å². The standard InChI is InChI=1S/C29H40N4O6/c1-5-18(4)25(33-27(36)24(30)17(2)3)28(37)31-22(15-19-9-7-6-8-10-19)26(35)32-23(29(38)39)16-20-11-13-21(34)14-12-20/h6-14,17-18,22-25,34H,5,15-16,30H2,1-4H3,(H,31,37)(H,32,35)(H,33,36)(H,38,39). The fraction of sp³-hybridized carbons (Fsp3) is 0.448. The zero-order valence-electron chi connectivity index (χ0n) is 22.9. The van der Waals surface area contributed by atoms with Crippen molar-refractivity contribution in [1.29, 1.82) is 0 Å². The molecule has 0 fully saturated rings. The number of nitrogens with two attached hydrogens (primary N) is 1. The third kappa shape index (κ3) is 9.72. The molecule has 5 atom stereocenters. The summed E-state index contributed by atoms with van der Waals surface area (Å²) in [6.45, 7) is 7.31. The van der Waals surface area contributed by atoms with Crippen LogP contribution >= 0.6 is 0 Å². The fourth-order valence-corrected chi connectivity index (χ4v) is 3.91. The minimum Gasteiger partial charge on any atom is -0.508 e. The lowest BCUT2D eigenvalue weighted by Crippen LogP contribution is -2.59. The predicted octanol–water partition coefficient (Wildman–Crippen LogP) is 1.75. The number of rotatable bonds is 14. The zero-order valence-corrected chi connectivity index (χ0v) is 22.9. The molecule has 5 unspecified atom stereocenters. The quantitative estimate of drug-likeness (QED) is 0.212. The van der Waals surface area contributed by atoms with Crippen molar-refractivity contribution < 1.29 is 29.4 Å². The van der Waals surface area contributed by atoms with Gasteiger partial charge in [0.1, 0.15) is 23.9 Å². The molecule has 10 nitrogen and oxygen atoms in total. The number of carboxylic acid groups (broad SMARTS) is 1. The first-order valence-corrected chi connectivity index (χ1v) is 13.1. The number of aromatic hydroxyl groups is 1. The molecule has 39 heavy (non-hydrogen) atoms. The molecule has 0 saturated carbocycles. The van der Waals surface area contributed by atoms with Gasteiger partial charge >= 0.3 is 5.97 Å². The monoisotopic (exact) mass is 540 g/mol. The van der Waals surface area contributed by atoms with Gasteiger partial charge in [-0.1, -0.05) is 76.6 Å². The molecular formula is C29H40N4O6. The van der Waals surface area contributed by atoms with Crippen LogP contribution in [0, 0.1) is 11.8 Å². The van der Waals surface area contributed by atoms with Crippen molar-refractivity contribution in [1.82, 2.24) is 16.0 Å². The molecule has 3 amide bonds.